The maximum Gasteiger partial charge on any atom is 0.338 e. The Morgan fingerprint density at radius 1 is 1.16 bits per heavy atom. The van der Waals surface area contributed by atoms with Gasteiger partial charge in [-0.3, -0.25) is 9.59 Å². The highest BCUT2D eigenvalue weighted by Gasteiger charge is 2.40. The number of nitrogens with one attached hydrogen (secondary N) is 1. The zero-order valence-corrected chi connectivity index (χ0v) is 18.5. The molecule has 1 heterocycles. The minimum Gasteiger partial charge on any atom is -0.476 e. The second-order valence-electron chi connectivity index (χ2n) is 7.69. The van der Waals surface area contributed by atoms with Crippen molar-refractivity contribution in [2.45, 2.75) is 39.2 Å². The molecule has 3 rings (SSSR count). The number of halogens is 1. The molecule has 0 atom stereocenters. The van der Waals surface area contributed by atoms with Gasteiger partial charge < -0.3 is 19.7 Å². The number of amides is 2. The summed E-state index contributed by atoms with van der Waals surface area (Å²) < 4.78 is 10.9. The highest BCUT2D eigenvalue weighted by atomic mass is 35.5. The molecule has 0 saturated carbocycles. The van der Waals surface area contributed by atoms with Crippen molar-refractivity contribution in [1.29, 1.82) is 0 Å². The number of rotatable bonds is 7. The molecule has 0 aromatic heterocycles. The van der Waals surface area contributed by atoms with E-state index in [4.69, 9.17) is 21.1 Å². The molecule has 7 nitrogen and oxygen atoms in total. The van der Waals surface area contributed by atoms with E-state index in [9.17, 15) is 14.4 Å². The summed E-state index contributed by atoms with van der Waals surface area (Å²) >= 11 is 6.09. The molecule has 0 radical (unpaired) electrons. The van der Waals surface area contributed by atoms with Crippen molar-refractivity contribution in [2.24, 2.45) is 0 Å². The monoisotopic (exact) mass is 444 g/mol. The quantitative estimate of drug-likeness (QED) is 0.638. The van der Waals surface area contributed by atoms with E-state index in [1.54, 1.807) is 56.3 Å². The smallest absolute Gasteiger partial charge is 0.338 e. The Balaban J connectivity index is 1.63. The number of carbonyl (C=O) groups is 3. The molecule has 2 aromatic rings. The summed E-state index contributed by atoms with van der Waals surface area (Å²) in [5, 5.41) is 3.25. The molecule has 0 unspecified atom stereocenters. The van der Waals surface area contributed by atoms with Crippen molar-refractivity contribution in [3.05, 3.63) is 53.1 Å². The highest BCUT2D eigenvalue weighted by Crippen LogP contribution is 2.39. The van der Waals surface area contributed by atoms with Gasteiger partial charge in [0.2, 0.25) is 5.91 Å². The fourth-order valence-corrected chi connectivity index (χ4v) is 3.33. The van der Waals surface area contributed by atoms with E-state index < -0.39 is 11.6 Å². The van der Waals surface area contributed by atoms with E-state index in [2.05, 4.69) is 5.32 Å². The summed E-state index contributed by atoms with van der Waals surface area (Å²) in [5.74, 6) is -0.363. The van der Waals surface area contributed by atoms with Gasteiger partial charge in [-0.1, -0.05) is 18.5 Å². The SMILES string of the molecule is CCCOC(=O)c1ccc(NC(=O)CCN2C(=O)C(C)(C)Oc3ccc(Cl)cc32)cc1. The van der Waals surface area contributed by atoms with Crippen LogP contribution in [0.1, 0.15) is 44.0 Å². The number of esters is 1. The van der Waals surface area contributed by atoms with E-state index in [1.165, 1.54) is 4.90 Å². The van der Waals surface area contributed by atoms with E-state index in [0.717, 1.165) is 6.42 Å². The van der Waals surface area contributed by atoms with Gasteiger partial charge in [-0.15, -0.1) is 0 Å². The van der Waals surface area contributed by atoms with E-state index in [1.807, 2.05) is 6.92 Å². The maximum atomic E-state index is 12.9. The molecule has 0 aliphatic carbocycles. The fourth-order valence-electron chi connectivity index (χ4n) is 3.17. The normalized spacial score (nSPS) is 14.5. The average molecular weight is 445 g/mol. The Kier molecular flexibility index (Phi) is 6.85. The predicted molar refractivity (Wildman–Crippen MR) is 119 cm³/mol. The maximum absolute atomic E-state index is 12.9. The predicted octanol–water partition coefficient (Wildman–Crippen LogP) is 4.44. The molecular weight excluding hydrogens is 420 g/mol. The first-order chi connectivity index (χ1) is 14.7. The molecule has 1 aliphatic rings. The molecule has 0 fully saturated rings. The minimum absolute atomic E-state index is 0.0774. The first-order valence-corrected chi connectivity index (χ1v) is 10.5. The van der Waals surface area contributed by atoms with Crippen LogP contribution in [0.15, 0.2) is 42.5 Å². The van der Waals surface area contributed by atoms with Crippen molar-refractivity contribution in [3.8, 4) is 5.75 Å². The largest absolute Gasteiger partial charge is 0.476 e. The van der Waals surface area contributed by atoms with E-state index >= 15 is 0 Å². The van der Waals surface area contributed by atoms with Gasteiger partial charge in [0.05, 0.1) is 17.9 Å². The van der Waals surface area contributed by atoms with Gasteiger partial charge >= 0.3 is 5.97 Å². The Bertz CT molecular complexity index is 988. The summed E-state index contributed by atoms with van der Waals surface area (Å²) in [5.41, 5.74) is 0.467. The number of anilines is 2. The lowest BCUT2D eigenvalue weighted by atomic mass is 10.0. The molecule has 0 spiro atoms. The number of hydrogen-bond donors (Lipinski definition) is 1. The van der Waals surface area contributed by atoms with Crippen LogP contribution in [0.2, 0.25) is 5.02 Å². The first-order valence-electron chi connectivity index (χ1n) is 10.1. The summed E-state index contributed by atoms with van der Waals surface area (Å²) in [6.45, 7) is 5.83. The first kappa shape index (κ1) is 22.6. The van der Waals surface area contributed by atoms with Crippen LogP contribution in [0.25, 0.3) is 0 Å². The van der Waals surface area contributed by atoms with Crippen LogP contribution in [0, 0.1) is 0 Å². The van der Waals surface area contributed by atoms with Crippen LogP contribution in [0.5, 0.6) is 5.75 Å². The lowest BCUT2D eigenvalue weighted by Crippen LogP contribution is -2.53. The fraction of sp³-hybridized carbons (Fsp3) is 0.348. The van der Waals surface area contributed by atoms with Gasteiger partial charge in [-0.05, 0) is 62.7 Å². The third kappa shape index (κ3) is 5.35. The Morgan fingerprint density at radius 2 is 1.87 bits per heavy atom. The van der Waals surface area contributed by atoms with Gasteiger partial charge in [-0.2, -0.15) is 0 Å². The van der Waals surface area contributed by atoms with Gasteiger partial charge in [0.25, 0.3) is 5.91 Å². The molecule has 0 bridgehead atoms. The molecule has 1 N–H and O–H groups in total. The van der Waals surface area contributed by atoms with Crippen LogP contribution in [-0.2, 0) is 14.3 Å². The van der Waals surface area contributed by atoms with Gasteiger partial charge in [0.15, 0.2) is 5.60 Å². The number of hydrogen-bond acceptors (Lipinski definition) is 5. The second-order valence-corrected chi connectivity index (χ2v) is 8.13. The van der Waals surface area contributed by atoms with Crippen LogP contribution >= 0.6 is 11.6 Å². The zero-order chi connectivity index (χ0) is 22.6. The van der Waals surface area contributed by atoms with Crippen molar-refractivity contribution in [3.63, 3.8) is 0 Å². The molecule has 164 valence electrons. The molecule has 2 aromatic carbocycles. The van der Waals surface area contributed by atoms with Crippen molar-refractivity contribution in [2.75, 3.05) is 23.4 Å². The standard InChI is InChI=1S/C23H25ClN2O5/c1-4-13-30-21(28)15-5-8-17(9-6-15)25-20(27)11-12-26-18-14-16(24)7-10-19(18)31-23(2,3)22(26)29/h5-10,14H,4,11-13H2,1-3H3,(H,25,27). The van der Waals surface area contributed by atoms with Crippen LogP contribution in [-0.4, -0.2) is 36.5 Å². The zero-order valence-electron chi connectivity index (χ0n) is 17.7. The second kappa shape index (κ2) is 9.39. The van der Waals surface area contributed by atoms with Gasteiger partial charge in [0.1, 0.15) is 5.75 Å². The molecular formula is C23H25ClN2O5. The van der Waals surface area contributed by atoms with E-state index in [0.29, 0.717) is 34.3 Å². The van der Waals surface area contributed by atoms with Crippen LogP contribution in [0.3, 0.4) is 0 Å². The molecule has 0 saturated heterocycles. The minimum atomic E-state index is -1.04. The van der Waals surface area contributed by atoms with Gasteiger partial charge in [-0.25, -0.2) is 4.79 Å². The lowest BCUT2D eigenvalue weighted by molar-refractivity contribution is -0.132. The number of ether oxygens (including phenoxy) is 2. The number of fused-ring (bicyclic) bond motifs is 1. The summed E-state index contributed by atoms with van der Waals surface area (Å²) in [7, 11) is 0. The number of nitrogens with zero attached hydrogens (tertiary/aromatic N) is 1. The third-order valence-electron chi connectivity index (χ3n) is 4.74. The van der Waals surface area contributed by atoms with E-state index in [-0.39, 0.29) is 24.8 Å². The van der Waals surface area contributed by atoms with Crippen molar-refractivity contribution in [1.82, 2.24) is 0 Å². The Hall–Kier alpha value is -3.06. The Morgan fingerprint density at radius 3 is 2.55 bits per heavy atom. The molecule has 8 heteroatoms. The summed E-state index contributed by atoms with van der Waals surface area (Å²) in [6, 6.07) is 11.5. The lowest BCUT2D eigenvalue weighted by Gasteiger charge is -2.38. The van der Waals surface area contributed by atoms with Crippen LogP contribution in [0.4, 0.5) is 11.4 Å². The van der Waals surface area contributed by atoms with Crippen LogP contribution < -0.4 is 15.0 Å². The molecule has 1 aliphatic heterocycles. The van der Waals surface area contributed by atoms with Gasteiger partial charge in [0, 0.05) is 23.7 Å². The highest BCUT2D eigenvalue weighted by molar-refractivity contribution is 6.31. The molecule has 31 heavy (non-hydrogen) atoms. The summed E-state index contributed by atoms with van der Waals surface area (Å²) in [6.07, 6.45) is 0.827. The average Bonchev–Trinajstić information content (AvgIpc) is 2.73. The third-order valence-corrected chi connectivity index (χ3v) is 4.98. The topological polar surface area (TPSA) is 84.9 Å². The van der Waals surface area contributed by atoms with Crippen molar-refractivity contribution >= 4 is 40.8 Å². The summed E-state index contributed by atoms with van der Waals surface area (Å²) in [4.78, 5) is 38.7. The van der Waals surface area contributed by atoms with Crippen molar-refractivity contribution < 1.29 is 23.9 Å². The number of carbonyl (C=O) groups excluding carboxylic acids is 3. The number of benzene rings is 2. The molecule has 2 amide bonds. The Labute approximate surface area is 186 Å².